The molecule has 266 valence electrons. The number of nitriles is 1. The number of rotatable bonds is 16. The van der Waals surface area contributed by atoms with Crippen molar-refractivity contribution in [2.75, 3.05) is 25.6 Å². The first-order valence-corrected chi connectivity index (χ1v) is 17.7. The molecule has 0 bridgehead atoms. The Morgan fingerprint density at radius 3 is 2.41 bits per heavy atom. The molecule has 1 aromatic heterocycles. The van der Waals surface area contributed by atoms with Gasteiger partial charge in [-0.1, -0.05) is 50.8 Å². The molecular weight excluding hydrogens is 647 g/mol. The maximum Gasteiger partial charge on any atom is 0.351 e. The van der Waals surface area contributed by atoms with Crippen molar-refractivity contribution in [1.82, 2.24) is 19.5 Å². The molecule has 5 atom stereocenters. The van der Waals surface area contributed by atoms with Gasteiger partial charge < -0.3 is 29.2 Å². The molecular formula is C35H49N6O7P. The van der Waals surface area contributed by atoms with E-state index in [0.29, 0.717) is 18.4 Å². The van der Waals surface area contributed by atoms with Gasteiger partial charge in [0.25, 0.3) is 14.4 Å². The van der Waals surface area contributed by atoms with E-state index < -0.39 is 44.7 Å². The number of anilines is 1. The van der Waals surface area contributed by atoms with Gasteiger partial charge in [0.1, 0.15) is 12.2 Å². The Labute approximate surface area is 290 Å². The molecule has 1 aliphatic rings. The first-order chi connectivity index (χ1) is 23.4. The van der Waals surface area contributed by atoms with Crippen LogP contribution in [0, 0.1) is 29.1 Å². The normalized spacial score (nSPS) is 19.5. The van der Waals surface area contributed by atoms with Gasteiger partial charge in [-0.15, -0.1) is 0 Å². The minimum atomic E-state index is -1.64. The number of carbonyl (C=O) groups is 2. The zero-order valence-corrected chi connectivity index (χ0v) is 30.5. The lowest BCUT2D eigenvalue weighted by Crippen LogP contribution is -2.40. The maximum atomic E-state index is 13.6. The molecule has 2 N–H and O–H groups in total. The van der Waals surface area contributed by atoms with Crippen molar-refractivity contribution in [3.05, 3.63) is 58.1 Å². The molecule has 1 aromatic carbocycles. The summed E-state index contributed by atoms with van der Waals surface area (Å²) < 4.78 is 28.6. The molecule has 2 aromatic rings. The number of benzene rings is 1. The van der Waals surface area contributed by atoms with Crippen LogP contribution in [0.25, 0.3) is 0 Å². The van der Waals surface area contributed by atoms with Crippen molar-refractivity contribution in [1.29, 1.82) is 5.26 Å². The molecule has 14 heteroatoms. The highest BCUT2D eigenvalue weighted by Gasteiger charge is 2.49. The Hall–Kier alpha value is -3.68. The molecule has 1 fully saturated rings. The smallest absolute Gasteiger partial charge is 0.351 e. The lowest BCUT2D eigenvalue weighted by atomic mass is 10.1. The first-order valence-electron chi connectivity index (χ1n) is 16.6. The Morgan fingerprint density at radius 1 is 1.12 bits per heavy atom. The molecule has 3 rings (SSSR count). The van der Waals surface area contributed by atoms with E-state index in [9.17, 15) is 14.4 Å². The average Bonchev–Trinajstić information content (AvgIpc) is 3.40. The minimum absolute atomic E-state index is 0.0261. The van der Waals surface area contributed by atoms with Crippen molar-refractivity contribution >= 4 is 26.2 Å². The predicted molar refractivity (Wildman–Crippen MR) is 187 cm³/mol. The monoisotopic (exact) mass is 696 g/mol. The number of amides is 2. The van der Waals surface area contributed by atoms with Crippen molar-refractivity contribution < 1.29 is 28.1 Å². The number of ether oxygens (including phenoxy) is 2. The van der Waals surface area contributed by atoms with Gasteiger partial charge in [-0.3, -0.25) is 14.2 Å². The van der Waals surface area contributed by atoms with Crippen LogP contribution in [-0.2, 0) is 23.3 Å². The van der Waals surface area contributed by atoms with E-state index in [1.807, 2.05) is 48.5 Å². The Morgan fingerprint density at radius 2 is 1.82 bits per heavy atom. The van der Waals surface area contributed by atoms with Crippen LogP contribution in [0.1, 0.15) is 89.9 Å². The third-order valence-electron chi connectivity index (χ3n) is 7.52. The van der Waals surface area contributed by atoms with Crippen LogP contribution < -0.4 is 16.3 Å². The topological polar surface area (TPSA) is 157 Å². The van der Waals surface area contributed by atoms with Crippen molar-refractivity contribution in [3.8, 4) is 17.9 Å². The average molecular weight is 697 g/mol. The lowest BCUT2D eigenvalue weighted by molar-refractivity contribution is -0.121. The second-order valence-corrected chi connectivity index (χ2v) is 13.9. The Kier molecular flexibility index (Phi) is 15.8. The van der Waals surface area contributed by atoms with E-state index in [2.05, 4.69) is 38.2 Å². The van der Waals surface area contributed by atoms with Crippen LogP contribution in [0.4, 0.5) is 5.82 Å². The molecule has 13 nitrogen and oxygen atoms in total. The van der Waals surface area contributed by atoms with E-state index in [4.69, 9.17) is 23.8 Å². The van der Waals surface area contributed by atoms with Crippen LogP contribution in [0.5, 0.6) is 0 Å². The summed E-state index contributed by atoms with van der Waals surface area (Å²) in [5.74, 6) is 5.44. The Bertz CT molecular complexity index is 1540. The van der Waals surface area contributed by atoms with Gasteiger partial charge in [-0.05, 0) is 52.2 Å². The molecule has 2 heterocycles. The van der Waals surface area contributed by atoms with Gasteiger partial charge >= 0.3 is 5.69 Å². The van der Waals surface area contributed by atoms with Gasteiger partial charge in [0, 0.05) is 37.4 Å². The Balaban J connectivity index is 2.01. The summed E-state index contributed by atoms with van der Waals surface area (Å²) in [6, 6.07) is 10.8. The van der Waals surface area contributed by atoms with Crippen LogP contribution in [0.3, 0.4) is 0 Å². The molecule has 2 amide bonds. The SMILES string of the molecule is CC[C@H]1O[C@@H](n2cc(C#CCNC(=O)CC(C)C)c(NC(=O)c3ccccc3)nc2=O)[C@H](OC)[C@@H]1OP(OCCC#N)N(C(C)C)C(C)C. The minimum Gasteiger partial charge on any atom is -0.374 e. The van der Waals surface area contributed by atoms with E-state index >= 15 is 0 Å². The number of nitrogens with zero attached hydrogens (tertiary/aromatic N) is 4. The summed E-state index contributed by atoms with van der Waals surface area (Å²) in [6.45, 7) is 14.3. The summed E-state index contributed by atoms with van der Waals surface area (Å²) in [7, 11) is -0.118. The van der Waals surface area contributed by atoms with E-state index in [1.54, 1.807) is 30.3 Å². The predicted octanol–water partition coefficient (Wildman–Crippen LogP) is 4.99. The molecule has 1 saturated heterocycles. The highest BCUT2D eigenvalue weighted by atomic mass is 31.2. The van der Waals surface area contributed by atoms with Crippen LogP contribution in [0.2, 0.25) is 0 Å². The third kappa shape index (κ3) is 11.2. The van der Waals surface area contributed by atoms with Gasteiger partial charge in [0.2, 0.25) is 5.91 Å². The van der Waals surface area contributed by atoms with Crippen LogP contribution >= 0.6 is 8.53 Å². The number of hydrogen-bond donors (Lipinski definition) is 2. The van der Waals surface area contributed by atoms with Crippen molar-refractivity contribution in [2.24, 2.45) is 5.92 Å². The zero-order chi connectivity index (χ0) is 36.1. The summed E-state index contributed by atoms with van der Waals surface area (Å²) in [4.78, 5) is 43.1. The molecule has 0 aliphatic carbocycles. The van der Waals surface area contributed by atoms with E-state index in [0.717, 1.165) is 0 Å². The third-order valence-corrected chi connectivity index (χ3v) is 9.65. The van der Waals surface area contributed by atoms with Gasteiger partial charge in [0.15, 0.2) is 12.0 Å². The zero-order valence-electron chi connectivity index (χ0n) is 29.6. The molecule has 1 unspecified atom stereocenters. The van der Waals surface area contributed by atoms with Gasteiger partial charge in [0.05, 0.1) is 37.3 Å². The second-order valence-electron chi connectivity index (χ2n) is 12.5. The summed E-state index contributed by atoms with van der Waals surface area (Å²) >= 11 is 0. The fourth-order valence-corrected chi connectivity index (χ4v) is 7.14. The molecule has 0 spiro atoms. The fraction of sp³-hybridized carbons (Fsp3) is 0.571. The van der Waals surface area contributed by atoms with Crippen molar-refractivity contribution in [3.63, 3.8) is 0 Å². The number of hydrogen-bond acceptors (Lipinski definition) is 10. The quantitative estimate of drug-likeness (QED) is 0.139. The van der Waals surface area contributed by atoms with E-state index in [-0.39, 0.29) is 54.9 Å². The highest BCUT2D eigenvalue weighted by molar-refractivity contribution is 7.44. The number of nitrogens with one attached hydrogen (secondary N) is 2. The summed E-state index contributed by atoms with van der Waals surface area (Å²) in [6.07, 6.45) is -0.223. The maximum absolute atomic E-state index is 13.6. The van der Waals surface area contributed by atoms with E-state index in [1.165, 1.54) is 17.9 Å². The number of carbonyl (C=O) groups excluding carboxylic acids is 2. The molecule has 1 aliphatic heterocycles. The van der Waals surface area contributed by atoms with Gasteiger partial charge in [-0.25, -0.2) is 9.46 Å². The number of aromatic nitrogens is 2. The molecule has 49 heavy (non-hydrogen) atoms. The van der Waals surface area contributed by atoms with Crippen LogP contribution in [-0.4, -0.2) is 76.7 Å². The largest absolute Gasteiger partial charge is 0.374 e. The first kappa shape index (κ1) is 39.8. The van der Waals surface area contributed by atoms with Crippen LogP contribution in [0.15, 0.2) is 41.3 Å². The number of methoxy groups -OCH3 is 1. The van der Waals surface area contributed by atoms with Gasteiger partial charge in [-0.2, -0.15) is 10.2 Å². The highest BCUT2D eigenvalue weighted by Crippen LogP contribution is 2.50. The molecule has 0 radical (unpaired) electrons. The summed E-state index contributed by atoms with van der Waals surface area (Å²) in [5.41, 5.74) is -0.0750. The standard InChI is InChI=1S/C35H49N6O7P/c1-9-28-30(48-49(46-20-14-18-36)41(24(4)5)25(6)7)31(45-8)34(47-28)40-22-27(17-13-19-37-29(42)21-23(2)3)32(39-35(40)44)38-33(43)26-15-11-10-12-16-26/h10-12,15-16,22-25,28,30-31,34H,9,14,19-21H2,1-8H3,(H,37,42)(H,38,39,43,44)/t28-,30-,31-,34-,49?/m1/s1. The molecule has 0 saturated carbocycles. The lowest BCUT2D eigenvalue weighted by Gasteiger charge is -2.38. The van der Waals surface area contributed by atoms with Crippen molar-refractivity contribution in [2.45, 2.75) is 104 Å². The fourth-order valence-electron chi connectivity index (χ4n) is 5.37. The second kappa shape index (κ2) is 19.5. The summed E-state index contributed by atoms with van der Waals surface area (Å²) in [5, 5.41) is 14.6.